The van der Waals surface area contributed by atoms with Gasteiger partial charge in [-0.1, -0.05) is 0 Å². The van der Waals surface area contributed by atoms with Crippen molar-refractivity contribution in [1.29, 1.82) is 0 Å². The van der Waals surface area contributed by atoms with Crippen LogP contribution in [-0.2, 0) is 0 Å². The lowest BCUT2D eigenvalue weighted by Gasteiger charge is -2.34. The van der Waals surface area contributed by atoms with Gasteiger partial charge in [0, 0.05) is 25.2 Å². The highest BCUT2D eigenvalue weighted by molar-refractivity contribution is 4.95. The molecule has 0 saturated carbocycles. The van der Waals surface area contributed by atoms with E-state index < -0.39 is 0 Å². The lowest BCUT2D eigenvalue weighted by Crippen LogP contribution is -2.47. The summed E-state index contributed by atoms with van der Waals surface area (Å²) in [6.07, 6.45) is 0.759. The van der Waals surface area contributed by atoms with Crippen molar-refractivity contribution in [2.75, 3.05) is 33.7 Å². The summed E-state index contributed by atoms with van der Waals surface area (Å²) in [5.41, 5.74) is -0.0317. The van der Waals surface area contributed by atoms with E-state index >= 15 is 0 Å². The zero-order chi connectivity index (χ0) is 10.1. The second-order valence-corrected chi connectivity index (χ2v) is 4.75. The first-order valence-corrected chi connectivity index (χ1v) is 5.02. The Balaban J connectivity index is 2.43. The fraction of sp³-hybridized carbons (Fsp3) is 1.00. The zero-order valence-electron chi connectivity index (χ0n) is 9.25. The number of hydrogen-bond donors (Lipinski definition) is 1. The third kappa shape index (κ3) is 2.42. The summed E-state index contributed by atoms with van der Waals surface area (Å²) in [5, 5.41) is 9.74. The minimum Gasteiger partial charge on any atom is -0.391 e. The summed E-state index contributed by atoms with van der Waals surface area (Å²) in [6.45, 7) is 7.40. The van der Waals surface area contributed by atoms with Gasteiger partial charge in [0.05, 0.1) is 6.10 Å². The van der Waals surface area contributed by atoms with Gasteiger partial charge in [-0.05, 0) is 34.4 Å². The van der Waals surface area contributed by atoms with Crippen molar-refractivity contribution in [1.82, 2.24) is 9.80 Å². The number of aliphatic hydroxyl groups excluding tert-OH is 1. The lowest BCUT2D eigenvalue weighted by molar-refractivity contribution is 0.0516. The van der Waals surface area contributed by atoms with E-state index in [0.29, 0.717) is 0 Å². The van der Waals surface area contributed by atoms with Crippen LogP contribution in [-0.4, -0.2) is 60.3 Å². The fourth-order valence-corrected chi connectivity index (χ4v) is 1.85. The molecule has 1 heterocycles. The Morgan fingerprint density at radius 1 is 1.46 bits per heavy atom. The van der Waals surface area contributed by atoms with E-state index in [1.54, 1.807) is 0 Å². The highest BCUT2D eigenvalue weighted by atomic mass is 16.3. The summed E-state index contributed by atoms with van der Waals surface area (Å²) in [4.78, 5) is 4.55. The molecule has 0 aromatic carbocycles. The molecule has 0 amide bonds. The molecule has 1 N–H and O–H groups in total. The van der Waals surface area contributed by atoms with Gasteiger partial charge < -0.3 is 10.0 Å². The first-order valence-electron chi connectivity index (χ1n) is 5.02. The van der Waals surface area contributed by atoms with Gasteiger partial charge >= 0.3 is 0 Å². The molecule has 3 nitrogen and oxygen atoms in total. The highest BCUT2D eigenvalue weighted by Gasteiger charge is 2.39. The van der Waals surface area contributed by atoms with Crippen molar-refractivity contribution in [3.05, 3.63) is 0 Å². The molecular formula is C10H22N2O. The summed E-state index contributed by atoms with van der Waals surface area (Å²) in [5.74, 6) is 0. The summed E-state index contributed by atoms with van der Waals surface area (Å²) in [7, 11) is 4.17. The number of rotatable bonds is 3. The molecule has 1 aliphatic rings. The van der Waals surface area contributed by atoms with E-state index in [-0.39, 0.29) is 11.6 Å². The second kappa shape index (κ2) is 3.95. The maximum Gasteiger partial charge on any atom is 0.0730 e. The van der Waals surface area contributed by atoms with Gasteiger partial charge in [0.2, 0.25) is 0 Å². The molecule has 1 fully saturated rings. The maximum atomic E-state index is 9.74. The molecule has 0 spiro atoms. The molecule has 1 unspecified atom stereocenters. The van der Waals surface area contributed by atoms with Gasteiger partial charge in [-0.25, -0.2) is 0 Å². The number of likely N-dealkylation sites (N-methyl/N-ethyl adjacent to an activating group) is 1. The minimum absolute atomic E-state index is 0.0317. The highest BCUT2D eigenvalue weighted by Crippen LogP contribution is 2.28. The molecule has 78 valence electrons. The molecule has 0 aromatic heterocycles. The monoisotopic (exact) mass is 186 g/mol. The predicted molar refractivity (Wildman–Crippen MR) is 54.8 cm³/mol. The molecule has 1 saturated heterocycles. The third-order valence-electron chi connectivity index (χ3n) is 3.12. The molecule has 1 atom stereocenters. The summed E-state index contributed by atoms with van der Waals surface area (Å²) in [6, 6.07) is 0. The van der Waals surface area contributed by atoms with Crippen LogP contribution in [0.3, 0.4) is 0 Å². The first-order chi connectivity index (χ1) is 5.94. The summed E-state index contributed by atoms with van der Waals surface area (Å²) < 4.78 is 0. The number of nitrogens with zero attached hydrogens (tertiary/aromatic N) is 2. The second-order valence-electron chi connectivity index (χ2n) is 4.75. The van der Waals surface area contributed by atoms with Gasteiger partial charge in [-0.3, -0.25) is 4.90 Å². The molecular weight excluding hydrogens is 164 g/mol. The Morgan fingerprint density at radius 2 is 2.08 bits per heavy atom. The van der Waals surface area contributed by atoms with Crippen molar-refractivity contribution in [3.8, 4) is 0 Å². The van der Waals surface area contributed by atoms with Gasteiger partial charge in [0.15, 0.2) is 0 Å². The van der Waals surface area contributed by atoms with Crippen LogP contribution >= 0.6 is 0 Å². The van der Waals surface area contributed by atoms with Crippen molar-refractivity contribution >= 4 is 0 Å². The maximum absolute atomic E-state index is 9.74. The van der Waals surface area contributed by atoms with E-state index in [9.17, 15) is 5.11 Å². The molecule has 0 aromatic rings. The van der Waals surface area contributed by atoms with Crippen LogP contribution in [0, 0.1) is 0 Å². The Bertz CT molecular complexity index is 168. The molecule has 1 rings (SSSR count). The van der Waals surface area contributed by atoms with Gasteiger partial charge in [0.1, 0.15) is 0 Å². The van der Waals surface area contributed by atoms with Crippen LogP contribution in [0.15, 0.2) is 0 Å². The van der Waals surface area contributed by atoms with Crippen LogP contribution in [0.25, 0.3) is 0 Å². The number of hydrogen-bond acceptors (Lipinski definition) is 3. The smallest absolute Gasteiger partial charge is 0.0730 e. The van der Waals surface area contributed by atoms with Crippen molar-refractivity contribution < 1.29 is 5.11 Å². The molecule has 0 radical (unpaired) electrons. The largest absolute Gasteiger partial charge is 0.391 e. The summed E-state index contributed by atoms with van der Waals surface area (Å²) >= 11 is 0. The molecule has 3 heteroatoms. The lowest BCUT2D eigenvalue weighted by atomic mass is 9.99. The SMILES string of the molecule is CN(C)CCN1CCC(O)C1(C)C. The topological polar surface area (TPSA) is 26.7 Å². The average Bonchev–Trinajstić information content (AvgIpc) is 2.25. The first kappa shape index (κ1) is 11.0. The van der Waals surface area contributed by atoms with Crippen LogP contribution < -0.4 is 0 Å². The Hall–Kier alpha value is -0.120. The fourth-order valence-electron chi connectivity index (χ4n) is 1.85. The van der Waals surface area contributed by atoms with Crippen LogP contribution in [0.5, 0.6) is 0 Å². The number of aliphatic hydroxyl groups is 1. The standard InChI is InChI=1S/C10H22N2O/c1-10(2)9(13)5-6-12(10)8-7-11(3)4/h9,13H,5-8H2,1-4H3. The Kier molecular flexibility index (Phi) is 3.33. The third-order valence-corrected chi connectivity index (χ3v) is 3.12. The van der Waals surface area contributed by atoms with Crippen LogP contribution in [0.2, 0.25) is 0 Å². The quantitative estimate of drug-likeness (QED) is 0.691. The predicted octanol–water partition coefficient (Wildman–Crippen LogP) is 0.393. The van der Waals surface area contributed by atoms with Crippen LogP contribution in [0.1, 0.15) is 20.3 Å². The van der Waals surface area contributed by atoms with Crippen molar-refractivity contribution in [2.24, 2.45) is 0 Å². The molecule has 0 aliphatic carbocycles. The minimum atomic E-state index is -0.158. The average molecular weight is 186 g/mol. The van der Waals surface area contributed by atoms with E-state index in [1.165, 1.54) is 0 Å². The molecule has 13 heavy (non-hydrogen) atoms. The van der Waals surface area contributed by atoms with Crippen LogP contribution in [0.4, 0.5) is 0 Å². The Labute approximate surface area is 81.3 Å². The van der Waals surface area contributed by atoms with Crippen molar-refractivity contribution in [3.63, 3.8) is 0 Å². The van der Waals surface area contributed by atoms with E-state index in [1.807, 2.05) is 0 Å². The van der Waals surface area contributed by atoms with E-state index in [2.05, 4.69) is 37.7 Å². The van der Waals surface area contributed by atoms with E-state index in [0.717, 1.165) is 26.1 Å². The van der Waals surface area contributed by atoms with Gasteiger partial charge in [0.25, 0.3) is 0 Å². The zero-order valence-corrected chi connectivity index (χ0v) is 9.25. The molecule has 0 bridgehead atoms. The Morgan fingerprint density at radius 3 is 2.46 bits per heavy atom. The van der Waals surface area contributed by atoms with Gasteiger partial charge in [-0.2, -0.15) is 0 Å². The number of likely N-dealkylation sites (tertiary alicyclic amines) is 1. The van der Waals surface area contributed by atoms with Gasteiger partial charge in [-0.15, -0.1) is 0 Å². The normalized spacial score (nSPS) is 28.6. The van der Waals surface area contributed by atoms with Crippen molar-refractivity contribution in [2.45, 2.75) is 31.9 Å². The van der Waals surface area contributed by atoms with E-state index in [4.69, 9.17) is 0 Å². The molecule has 1 aliphatic heterocycles.